The third-order valence-corrected chi connectivity index (χ3v) is 5.73. The summed E-state index contributed by atoms with van der Waals surface area (Å²) in [6.07, 6.45) is -1.74. The third-order valence-electron chi connectivity index (χ3n) is 5.73. The average Bonchev–Trinajstić information content (AvgIpc) is 3.14. The highest BCUT2D eigenvalue weighted by Gasteiger charge is 2.33. The van der Waals surface area contributed by atoms with Gasteiger partial charge in [-0.15, -0.1) is 0 Å². The molecule has 1 atom stereocenters. The lowest BCUT2D eigenvalue weighted by atomic mass is 9.98. The van der Waals surface area contributed by atoms with Crippen molar-refractivity contribution in [3.8, 4) is 5.75 Å². The molecule has 0 fully saturated rings. The Labute approximate surface area is 183 Å². The molecule has 0 N–H and O–H groups in total. The number of benzene rings is 2. The van der Waals surface area contributed by atoms with E-state index >= 15 is 0 Å². The van der Waals surface area contributed by atoms with Gasteiger partial charge >= 0.3 is 6.18 Å². The number of nitro groups is 1. The van der Waals surface area contributed by atoms with E-state index in [1.165, 1.54) is 31.4 Å². The summed E-state index contributed by atoms with van der Waals surface area (Å²) in [6.45, 7) is 1.63. The zero-order valence-electron chi connectivity index (χ0n) is 17.4. The Balaban J connectivity index is 1.79. The number of fused-ring (bicyclic) bond motifs is 1. The number of hydrogen-bond donors (Lipinski definition) is 0. The van der Waals surface area contributed by atoms with Crippen LogP contribution in [0.4, 0.5) is 18.9 Å². The van der Waals surface area contributed by atoms with Crippen LogP contribution in [0, 0.1) is 10.1 Å². The van der Waals surface area contributed by atoms with Crippen LogP contribution in [0.25, 0.3) is 0 Å². The molecule has 0 saturated carbocycles. The molecule has 2 heterocycles. The molecule has 1 aliphatic rings. The maximum absolute atomic E-state index is 13.4. The molecule has 0 bridgehead atoms. The van der Waals surface area contributed by atoms with Crippen LogP contribution in [0.15, 0.2) is 60.8 Å². The van der Waals surface area contributed by atoms with Crippen LogP contribution < -0.4 is 4.74 Å². The van der Waals surface area contributed by atoms with Crippen molar-refractivity contribution >= 4 is 5.69 Å². The van der Waals surface area contributed by atoms with Gasteiger partial charge in [-0.3, -0.25) is 15.0 Å². The summed E-state index contributed by atoms with van der Waals surface area (Å²) in [5.41, 5.74) is 1.25. The van der Waals surface area contributed by atoms with Crippen molar-refractivity contribution in [1.82, 2.24) is 9.47 Å². The van der Waals surface area contributed by atoms with Crippen LogP contribution in [0.5, 0.6) is 5.75 Å². The van der Waals surface area contributed by atoms with E-state index in [1.54, 1.807) is 12.1 Å². The summed E-state index contributed by atoms with van der Waals surface area (Å²) in [7, 11) is 1.49. The molecule has 6 nitrogen and oxygen atoms in total. The largest absolute Gasteiger partial charge is 0.496 e. The van der Waals surface area contributed by atoms with Crippen LogP contribution in [0.3, 0.4) is 0 Å². The standard InChI is InChI=1S/C23H22F3N3O3/c1-32-21-9-8-19(29(30)31)14-17(21)15-28-12-4-11-27-10-3-7-20(27)22(28)16-5-2-6-18(13-16)23(24,25)26/h2-3,5-10,13-14,22H,4,11-12,15H2,1H3. The molecule has 0 radical (unpaired) electrons. The summed E-state index contributed by atoms with van der Waals surface area (Å²) in [5, 5.41) is 11.3. The van der Waals surface area contributed by atoms with Crippen LogP contribution in [0.2, 0.25) is 0 Å². The van der Waals surface area contributed by atoms with Gasteiger partial charge in [-0.2, -0.15) is 13.2 Å². The zero-order valence-corrected chi connectivity index (χ0v) is 17.4. The maximum atomic E-state index is 13.4. The Morgan fingerprint density at radius 2 is 1.94 bits per heavy atom. The SMILES string of the molecule is COc1ccc([N+](=O)[O-])cc1CN1CCCn2cccc2C1c1cccc(C(F)(F)F)c1. The van der Waals surface area contributed by atoms with Gasteiger partial charge in [0.15, 0.2) is 0 Å². The van der Waals surface area contributed by atoms with E-state index in [9.17, 15) is 23.3 Å². The van der Waals surface area contributed by atoms with E-state index in [-0.39, 0.29) is 12.2 Å². The van der Waals surface area contributed by atoms with Crippen molar-refractivity contribution < 1.29 is 22.8 Å². The number of nitro benzene ring substituents is 1. The first kappa shape index (κ1) is 21.9. The number of ether oxygens (including phenoxy) is 1. The molecule has 1 aromatic heterocycles. The molecule has 0 spiro atoms. The van der Waals surface area contributed by atoms with Gasteiger partial charge in [-0.05, 0) is 42.3 Å². The van der Waals surface area contributed by atoms with Gasteiger partial charge < -0.3 is 9.30 Å². The highest BCUT2D eigenvalue weighted by molar-refractivity contribution is 5.44. The van der Waals surface area contributed by atoms with E-state index in [4.69, 9.17) is 4.74 Å². The van der Waals surface area contributed by atoms with Crippen molar-refractivity contribution in [2.45, 2.75) is 31.7 Å². The van der Waals surface area contributed by atoms with Gasteiger partial charge in [0, 0.05) is 49.2 Å². The number of aromatic nitrogens is 1. The smallest absolute Gasteiger partial charge is 0.416 e. The van der Waals surface area contributed by atoms with E-state index in [1.807, 2.05) is 18.3 Å². The van der Waals surface area contributed by atoms with E-state index < -0.39 is 22.7 Å². The molecule has 0 amide bonds. The van der Waals surface area contributed by atoms with Crippen molar-refractivity contribution in [1.29, 1.82) is 0 Å². The minimum atomic E-state index is -4.45. The lowest BCUT2D eigenvalue weighted by molar-refractivity contribution is -0.385. The van der Waals surface area contributed by atoms with Gasteiger partial charge in [0.25, 0.3) is 5.69 Å². The Hall–Kier alpha value is -3.33. The second kappa shape index (κ2) is 8.66. The Bertz CT molecular complexity index is 1130. The highest BCUT2D eigenvalue weighted by Crippen LogP contribution is 2.37. The maximum Gasteiger partial charge on any atom is 0.416 e. The number of methoxy groups -OCH3 is 1. The molecule has 0 aliphatic carbocycles. The van der Waals surface area contributed by atoms with E-state index in [0.717, 1.165) is 24.7 Å². The number of hydrogen-bond acceptors (Lipinski definition) is 4. The number of alkyl halides is 3. The van der Waals surface area contributed by atoms with E-state index in [0.29, 0.717) is 23.4 Å². The van der Waals surface area contributed by atoms with Crippen LogP contribution in [-0.4, -0.2) is 28.0 Å². The fourth-order valence-corrected chi connectivity index (χ4v) is 4.30. The number of halogens is 3. The van der Waals surface area contributed by atoms with Crippen LogP contribution >= 0.6 is 0 Å². The number of aryl methyl sites for hydroxylation is 1. The predicted molar refractivity (Wildman–Crippen MR) is 112 cm³/mol. The molecule has 0 saturated heterocycles. The molecule has 4 rings (SSSR count). The Morgan fingerprint density at radius 3 is 2.66 bits per heavy atom. The van der Waals surface area contributed by atoms with Gasteiger partial charge in [-0.1, -0.05) is 12.1 Å². The first-order valence-corrected chi connectivity index (χ1v) is 10.2. The topological polar surface area (TPSA) is 60.5 Å². The minimum Gasteiger partial charge on any atom is -0.496 e. The lowest BCUT2D eigenvalue weighted by Crippen LogP contribution is -2.30. The summed E-state index contributed by atoms with van der Waals surface area (Å²) >= 11 is 0. The molecule has 3 aromatic rings. The van der Waals surface area contributed by atoms with Gasteiger partial charge in [0.05, 0.1) is 23.6 Å². The molecule has 1 aliphatic heterocycles. The first-order chi connectivity index (χ1) is 15.3. The van der Waals surface area contributed by atoms with Gasteiger partial charge in [-0.25, -0.2) is 0 Å². The molecule has 2 aromatic carbocycles. The quantitative estimate of drug-likeness (QED) is 0.389. The highest BCUT2D eigenvalue weighted by atomic mass is 19.4. The monoisotopic (exact) mass is 445 g/mol. The Morgan fingerprint density at radius 1 is 1.12 bits per heavy atom. The average molecular weight is 445 g/mol. The zero-order chi connectivity index (χ0) is 22.9. The summed E-state index contributed by atoms with van der Waals surface area (Å²) < 4.78 is 47.7. The van der Waals surface area contributed by atoms with Crippen LogP contribution in [-0.2, 0) is 19.3 Å². The Kier molecular flexibility index (Phi) is 5.92. The summed E-state index contributed by atoms with van der Waals surface area (Å²) in [6, 6.07) is 13.1. The number of nitrogens with zero attached hydrogens (tertiary/aromatic N) is 3. The van der Waals surface area contributed by atoms with E-state index in [2.05, 4.69) is 9.47 Å². The third kappa shape index (κ3) is 4.34. The van der Waals surface area contributed by atoms with Crippen LogP contribution in [0.1, 0.15) is 34.8 Å². The molecular formula is C23H22F3N3O3. The first-order valence-electron chi connectivity index (χ1n) is 10.2. The number of rotatable bonds is 5. The van der Waals surface area contributed by atoms with Crippen molar-refractivity contribution in [2.75, 3.05) is 13.7 Å². The van der Waals surface area contributed by atoms with Crippen molar-refractivity contribution in [3.05, 3.63) is 93.3 Å². The molecule has 168 valence electrons. The molecule has 32 heavy (non-hydrogen) atoms. The second-order valence-corrected chi connectivity index (χ2v) is 7.73. The van der Waals surface area contributed by atoms with Crippen molar-refractivity contribution in [2.24, 2.45) is 0 Å². The fourth-order valence-electron chi connectivity index (χ4n) is 4.30. The summed E-state index contributed by atoms with van der Waals surface area (Å²) in [5.74, 6) is 0.498. The number of non-ortho nitro benzene ring substituents is 1. The molecular weight excluding hydrogens is 423 g/mol. The minimum absolute atomic E-state index is 0.0605. The lowest BCUT2D eigenvalue weighted by Gasteiger charge is -2.31. The summed E-state index contributed by atoms with van der Waals surface area (Å²) in [4.78, 5) is 12.9. The van der Waals surface area contributed by atoms with Crippen molar-refractivity contribution in [3.63, 3.8) is 0 Å². The van der Waals surface area contributed by atoms with Gasteiger partial charge in [0.1, 0.15) is 5.75 Å². The predicted octanol–water partition coefficient (Wildman–Crippen LogP) is 5.42. The fraction of sp³-hybridized carbons (Fsp3) is 0.304. The molecule has 9 heteroatoms. The second-order valence-electron chi connectivity index (χ2n) is 7.73. The normalized spacial score (nSPS) is 16.9. The molecule has 1 unspecified atom stereocenters. The van der Waals surface area contributed by atoms with Gasteiger partial charge in [0.2, 0.25) is 0 Å².